The minimum atomic E-state index is -3.24. The van der Waals surface area contributed by atoms with Crippen LogP contribution in [-0.2, 0) is 9.84 Å². The van der Waals surface area contributed by atoms with Crippen molar-refractivity contribution in [3.05, 3.63) is 58.6 Å². The molecule has 0 aliphatic carbocycles. The highest BCUT2D eigenvalue weighted by Gasteiger charge is 2.18. The monoisotopic (exact) mass is 367 g/mol. The topological polar surface area (TPSA) is 46.2 Å². The molecule has 0 fully saturated rings. The van der Waals surface area contributed by atoms with Gasteiger partial charge in [0.05, 0.1) is 16.3 Å². The number of para-hydroxylation sites is 1. The molecule has 21 heavy (non-hydrogen) atoms. The van der Waals surface area contributed by atoms with Crippen LogP contribution in [0.15, 0.2) is 57.9 Å². The number of hydrogen-bond donors (Lipinski definition) is 1. The minimum absolute atomic E-state index is 0.00576. The van der Waals surface area contributed by atoms with Crippen molar-refractivity contribution in [2.75, 3.05) is 11.1 Å². The van der Waals surface area contributed by atoms with Crippen molar-refractivity contribution in [2.24, 2.45) is 0 Å². The maximum atomic E-state index is 12.2. The summed E-state index contributed by atoms with van der Waals surface area (Å²) in [5.74, 6) is 0.0924. The third-order valence-electron chi connectivity index (χ3n) is 3.35. The summed E-state index contributed by atoms with van der Waals surface area (Å²) in [6, 6.07) is 14.9. The van der Waals surface area contributed by atoms with Gasteiger partial charge in [0.1, 0.15) is 0 Å². The zero-order chi connectivity index (χ0) is 15.5. The number of halogens is 1. The van der Waals surface area contributed by atoms with Crippen molar-refractivity contribution in [2.45, 2.75) is 24.8 Å². The van der Waals surface area contributed by atoms with Crippen molar-refractivity contribution in [1.29, 1.82) is 0 Å². The number of nitrogens with one attached hydrogen (secondary N) is 1. The Labute approximate surface area is 134 Å². The fourth-order valence-corrected chi connectivity index (χ4v) is 3.84. The highest BCUT2D eigenvalue weighted by molar-refractivity contribution is 9.10. The normalized spacial score (nSPS) is 12.9. The fraction of sp³-hybridized carbons (Fsp3) is 0.250. The molecule has 1 N–H and O–H groups in total. The van der Waals surface area contributed by atoms with Crippen molar-refractivity contribution < 1.29 is 8.42 Å². The van der Waals surface area contributed by atoms with E-state index in [2.05, 4.69) is 21.2 Å². The summed E-state index contributed by atoms with van der Waals surface area (Å²) in [6.07, 6.45) is 0. The van der Waals surface area contributed by atoms with Crippen LogP contribution in [0.25, 0.3) is 0 Å². The van der Waals surface area contributed by atoms with Gasteiger partial charge in [-0.1, -0.05) is 53.2 Å². The average Bonchev–Trinajstić information content (AvgIpc) is 2.48. The van der Waals surface area contributed by atoms with Crippen molar-refractivity contribution in [1.82, 2.24) is 0 Å². The van der Waals surface area contributed by atoms with Crippen LogP contribution in [0.1, 0.15) is 25.5 Å². The van der Waals surface area contributed by atoms with E-state index < -0.39 is 9.84 Å². The van der Waals surface area contributed by atoms with Gasteiger partial charge in [-0.15, -0.1) is 0 Å². The van der Waals surface area contributed by atoms with Crippen molar-refractivity contribution in [3.63, 3.8) is 0 Å². The van der Waals surface area contributed by atoms with Gasteiger partial charge in [-0.3, -0.25) is 0 Å². The quantitative estimate of drug-likeness (QED) is 0.850. The van der Waals surface area contributed by atoms with E-state index in [9.17, 15) is 8.42 Å². The molecule has 2 aromatic rings. The molecule has 1 atom stereocenters. The molecular formula is C16H18BrNO2S. The molecule has 2 rings (SSSR count). The molecule has 3 nitrogen and oxygen atoms in total. The first-order chi connectivity index (χ1) is 9.95. The molecule has 0 saturated heterocycles. The minimum Gasteiger partial charge on any atom is -0.377 e. The average molecular weight is 368 g/mol. The Bertz CT molecular complexity index is 729. The summed E-state index contributed by atoms with van der Waals surface area (Å²) < 4.78 is 25.3. The van der Waals surface area contributed by atoms with Crippen LogP contribution in [0, 0.1) is 0 Å². The third kappa shape index (κ3) is 3.66. The summed E-state index contributed by atoms with van der Waals surface area (Å²) in [5.41, 5.74) is 1.73. The molecule has 5 heteroatoms. The second-order valence-corrected chi connectivity index (χ2v) is 7.89. The van der Waals surface area contributed by atoms with Gasteiger partial charge in [-0.05, 0) is 30.7 Å². The molecule has 0 saturated carbocycles. The summed E-state index contributed by atoms with van der Waals surface area (Å²) in [7, 11) is -3.24. The van der Waals surface area contributed by atoms with Crippen LogP contribution in [0.2, 0.25) is 0 Å². The molecule has 0 aromatic heterocycles. The van der Waals surface area contributed by atoms with E-state index in [0.717, 1.165) is 10.0 Å². The maximum absolute atomic E-state index is 12.2. The van der Waals surface area contributed by atoms with E-state index in [4.69, 9.17) is 0 Å². The molecule has 112 valence electrons. The van der Waals surface area contributed by atoms with Gasteiger partial charge in [0.15, 0.2) is 9.84 Å². The zero-order valence-corrected chi connectivity index (χ0v) is 14.4. The van der Waals surface area contributed by atoms with E-state index in [-0.39, 0.29) is 11.8 Å². The molecule has 0 amide bonds. The second kappa shape index (κ2) is 6.62. The number of rotatable bonds is 5. The Morgan fingerprint density at radius 2 is 1.71 bits per heavy atom. The van der Waals surface area contributed by atoms with Crippen molar-refractivity contribution >= 4 is 31.5 Å². The van der Waals surface area contributed by atoms with Crippen LogP contribution in [0.5, 0.6) is 0 Å². The number of sulfone groups is 1. The smallest absolute Gasteiger partial charge is 0.180 e. The second-order valence-electron chi connectivity index (χ2n) is 4.79. The number of hydrogen-bond acceptors (Lipinski definition) is 3. The van der Waals surface area contributed by atoms with E-state index >= 15 is 0 Å². The Balaban J connectivity index is 2.35. The summed E-state index contributed by atoms with van der Waals surface area (Å²) >= 11 is 3.52. The van der Waals surface area contributed by atoms with Crippen LogP contribution in [0.4, 0.5) is 5.69 Å². The lowest BCUT2D eigenvalue weighted by atomic mass is 10.1. The molecular weight excluding hydrogens is 350 g/mol. The first-order valence-corrected chi connectivity index (χ1v) is 9.23. The summed E-state index contributed by atoms with van der Waals surface area (Å²) in [4.78, 5) is 0.353. The number of benzene rings is 2. The highest BCUT2D eigenvalue weighted by atomic mass is 79.9. The van der Waals surface area contributed by atoms with Gasteiger partial charge in [0.25, 0.3) is 0 Å². The van der Waals surface area contributed by atoms with Crippen LogP contribution in [-0.4, -0.2) is 14.2 Å². The van der Waals surface area contributed by atoms with E-state index in [0.29, 0.717) is 10.6 Å². The van der Waals surface area contributed by atoms with Crippen LogP contribution < -0.4 is 5.32 Å². The molecule has 0 radical (unpaired) electrons. The van der Waals surface area contributed by atoms with Gasteiger partial charge in [-0.25, -0.2) is 8.42 Å². The molecule has 2 aromatic carbocycles. The van der Waals surface area contributed by atoms with E-state index in [1.807, 2.05) is 37.3 Å². The van der Waals surface area contributed by atoms with Crippen LogP contribution >= 0.6 is 15.9 Å². The number of anilines is 1. The highest BCUT2D eigenvalue weighted by Crippen LogP contribution is 2.29. The first kappa shape index (κ1) is 16.0. The Morgan fingerprint density at radius 1 is 1.10 bits per heavy atom. The lowest BCUT2D eigenvalue weighted by Gasteiger charge is -2.19. The molecule has 0 aliphatic rings. The lowest BCUT2D eigenvalue weighted by Crippen LogP contribution is -2.12. The Morgan fingerprint density at radius 3 is 2.38 bits per heavy atom. The third-order valence-corrected chi connectivity index (χ3v) is 5.85. The van der Waals surface area contributed by atoms with Gasteiger partial charge >= 0.3 is 0 Å². The molecule has 0 heterocycles. The standard InChI is InChI=1S/C16H18BrNO2S/c1-3-21(19,20)16-11-7-6-10-15(16)18-12(2)13-8-4-5-9-14(13)17/h4-12,18H,3H2,1-2H3. The molecule has 0 spiro atoms. The predicted molar refractivity (Wildman–Crippen MR) is 90.3 cm³/mol. The zero-order valence-electron chi connectivity index (χ0n) is 12.0. The van der Waals surface area contributed by atoms with Crippen LogP contribution in [0.3, 0.4) is 0 Å². The Hall–Kier alpha value is -1.33. The SMILES string of the molecule is CCS(=O)(=O)c1ccccc1NC(C)c1ccccc1Br. The maximum Gasteiger partial charge on any atom is 0.180 e. The largest absolute Gasteiger partial charge is 0.377 e. The van der Waals surface area contributed by atoms with Gasteiger partial charge in [0.2, 0.25) is 0 Å². The first-order valence-electron chi connectivity index (χ1n) is 6.78. The summed E-state index contributed by atoms with van der Waals surface area (Å²) in [5, 5.41) is 3.30. The molecule has 1 unspecified atom stereocenters. The summed E-state index contributed by atoms with van der Waals surface area (Å²) in [6.45, 7) is 3.67. The fourth-order valence-electron chi connectivity index (χ4n) is 2.15. The van der Waals surface area contributed by atoms with E-state index in [1.54, 1.807) is 25.1 Å². The Kier molecular flexibility index (Phi) is 5.06. The van der Waals surface area contributed by atoms with Crippen molar-refractivity contribution in [3.8, 4) is 0 Å². The van der Waals surface area contributed by atoms with Gasteiger partial charge in [0, 0.05) is 10.5 Å². The van der Waals surface area contributed by atoms with Gasteiger partial charge in [-0.2, -0.15) is 0 Å². The molecule has 0 bridgehead atoms. The van der Waals surface area contributed by atoms with E-state index in [1.165, 1.54) is 0 Å². The van der Waals surface area contributed by atoms with Gasteiger partial charge < -0.3 is 5.32 Å². The molecule has 0 aliphatic heterocycles. The predicted octanol–water partition coefficient (Wildman–Crippen LogP) is 4.42. The lowest BCUT2D eigenvalue weighted by molar-refractivity contribution is 0.597.